The standard InChI is InChI=1S/C22H22BrN3O2/c1-13-5-7-20-16(9-13)11-18(15(3)24-20)22(28)26(4)12-21(27)25-19-8-6-17(23)10-14(19)2/h5-11H,12H2,1-4H3,(H,25,27). The zero-order chi connectivity index (χ0) is 20.4. The molecule has 5 nitrogen and oxygen atoms in total. The lowest BCUT2D eigenvalue weighted by Gasteiger charge is -2.18. The van der Waals surface area contributed by atoms with Crippen LogP contribution in [0.4, 0.5) is 5.69 Å². The first-order chi connectivity index (χ1) is 13.2. The maximum atomic E-state index is 12.9. The molecule has 144 valence electrons. The van der Waals surface area contributed by atoms with Gasteiger partial charge in [0.15, 0.2) is 0 Å². The minimum absolute atomic E-state index is 0.0420. The third-order valence-corrected chi connectivity index (χ3v) is 5.07. The third kappa shape index (κ3) is 4.39. The topological polar surface area (TPSA) is 62.3 Å². The average molecular weight is 440 g/mol. The summed E-state index contributed by atoms with van der Waals surface area (Å²) in [6.07, 6.45) is 0. The van der Waals surface area contributed by atoms with E-state index in [4.69, 9.17) is 0 Å². The number of aromatic nitrogens is 1. The first-order valence-electron chi connectivity index (χ1n) is 8.94. The minimum atomic E-state index is -0.247. The molecular weight excluding hydrogens is 418 g/mol. The van der Waals surface area contributed by atoms with Gasteiger partial charge in [-0.05, 0) is 62.7 Å². The zero-order valence-corrected chi connectivity index (χ0v) is 17.9. The van der Waals surface area contributed by atoms with Crippen molar-refractivity contribution >= 4 is 44.3 Å². The predicted molar refractivity (Wildman–Crippen MR) is 116 cm³/mol. The van der Waals surface area contributed by atoms with Crippen molar-refractivity contribution in [3.63, 3.8) is 0 Å². The van der Waals surface area contributed by atoms with E-state index in [2.05, 4.69) is 26.2 Å². The summed E-state index contributed by atoms with van der Waals surface area (Å²) in [5.41, 5.74) is 4.79. The van der Waals surface area contributed by atoms with E-state index >= 15 is 0 Å². The van der Waals surface area contributed by atoms with Crippen LogP contribution < -0.4 is 5.32 Å². The van der Waals surface area contributed by atoms with E-state index in [1.165, 1.54) is 4.90 Å². The molecule has 6 heteroatoms. The van der Waals surface area contributed by atoms with Crippen LogP contribution in [0.1, 0.15) is 27.2 Å². The molecule has 0 aliphatic carbocycles. The van der Waals surface area contributed by atoms with Crippen LogP contribution in [0.15, 0.2) is 46.9 Å². The molecule has 0 aliphatic rings. The lowest BCUT2D eigenvalue weighted by molar-refractivity contribution is -0.116. The third-order valence-electron chi connectivity index (χ3n) is 4.58. The number of fused-ring (bicyclic) bond motifs is 1. The van der Waals surface area contributed by atoms with E-state index in [1.807, 2.05) is 63.2 Å². The lowest BCUT2D eigenvalue weighted by atomic mass is 10.1. The molecule has 0 fully saturated rings. The summed E-state index contributed by atoms with van der Waals surface area (Å²) in [4.78, 5) is 31.2. The summed E-state index contributed by atoms with van der Waals surface area (Å²) < 4.78 is 0.949. The van der Waals surface area contributed by atoms with Gasteiger partial charge in [-0.3, -0.25) is 14.6 Å². The van der Waals surface area contributed by atoms with Crippen molar-refractivity contribution in [1.82, 2.24) is 9.88 Å². The Kier molecular flexibility index (Phi) is 5.79. The molecule has 3 aromatic rings. The number of anilines is 1. The van der Waals surface area contributed by atoms with Gasteiger partial charge in [0.25, 0.3) is 5.91 Å². The quantitative estimate of drug-likeness (QED) is 0.644. The van der Waals surface area contributed by atoms with Gasteiger partial charge in [-0.15, -0.1) is 0 Å². The number of hydrogen-bond acceptors (Lipinski definition) is 3. The van der Waals surface area contributed by atoms with E-state index in [-0.39, 0.29) is 18.4 Å². The molecule has 0 saturated heterocycles. The molecule has 3 rings (SSSR count). The first kappa shape index (κ1) is 20.0. The Morgan fingerprint density at radius 1 is 1.07 bits per heavy atom. The Bertz CT molecular complexity index is 1080. The highest BCUT2D eigenvalue weighted by Crippen LogP contribution is 2.21. The molecule has 0 spiro atoms. The summed E-state index contributed by atoms with van der Waals surface area (Å²) in [5.74, 6) is -0.473. The van der Waals surface area contributed by atoms with Crippen LogP contribution in [0.5, 0.6) is 0 Å². The number of likely N-dealkylation sites (N-methyl/N-ethyl adjacent to an activating group) is 1. The molecule has 0 unspecified atom stereocenters. The van der Waals surface area contributed by atoms with Crippen LogP contribution in [0.3, 0.4) is 0 Å². The van der Waals surface area contributed by atoms with Crippen LogP contribution in [-0.4, -0.2) is 35.3 Å². The first-order valence-corrected chi connectivity index (χ1v) is 9.73. The summed E-state index contributed by atoms with van der Waals surface area (Å²) in [6, 6.07) is 13.4. The van der Waals surface area contributed by atoms with Gasteiger partial charge < -0.3 is 10.2 Å². The van der Waals surface area contributed by atoms with Crippen molar-refractivity contribution < 1.29 is 9.59 Å². The molecule has 28 heavy (non-hydrogen) atoms. The van der Waals surface area contributed by atoms with E-state index in [0.717, 1.165) is 32.2 Å². The number of rotatable bonds is 4. The number of amides is 2. The number of hydrogen-bond donors (Lipinski definition) is 1. The van der Waals surface area contributed by atoms with E-state index in [1.54, 1.807) is 7.05 Å². The second kappa shape index (κ2) is 8.10. The second-order valence-corrected chi connectivity index (χ2v) is 7.90. The lowest BCUT2D eigenvalue weighted by Crippen LogP contribution is -2.35. The Balaban J connectivity index is 1.76. The highest BCUT2D eigenvalue weighted by atomic mass is 79.9. The fourth-order valence-corrected chi connectivity index (χ4v) is 3.53. The van der Waals surface area contributed by atoms with Crippen LogP contribution in [0.25, 0.3) is 10.9 Å². The molecule has 0 bridgehead atoms. The highest BCUT2D eigenvalue weighted by Gasteiger charge is 2.19. The molecule has 0 saturated carbocycles. The maximum absolute atomic E-state index is 12.9. The number of carbonyl (C=O) groups excluding carboxylic acids is 2. The smallest absolute Gasteiger partial charge is 0.255 e. The molecular formula is C22H22BrN3O2. The molecule has 2 aromatic carbocycles. The summed E-state index contributed by atoms with van der Waals surface area (Å²) >= 11 is 3.40. The molecule has 1 aromatic heterocycles. The van der Waals surface area contributed by atoms with Crippen molar-refractivity contribution in [3.8, 4) is 0 Å². The van der Waals surface area contributed by atoms with Crippen LogP contribution >= 0.6 is 15.9 Å². The van der Waals surface area contributed by atoms with E-state index in [0.29, 0.717) is 11.3 Å². The van der Waals surface area contributed by atoms with Crippen LogP contribution in [0, 0.1) is 20.8 Å². The van der Waals surface area contributed by atoms with Gasteiger partial charge in [0.05, 0.1) is 23.3 Å². The summed E-state index contributed by atoms with van der Waals surface area (Å²) in [6.45, 7) is 5.69. The van der Waals surface area contributed by atoms with Crippen molar-refractivity contribution in [2.75, 3.05) is 18.9 Å². The van der Waals surface area contributed by atoms with Gasteiger partial charge in [-0.2, -0.15) is 0 Å². The van der Waals surface area contributed by atoms with Crippen molar-refractivity contribution in [2.24, 2.45) is 0 Å². The fourth-order valence-electron chi connectivity index (χ4n) is 3.06. The second-order valence-electron chi connectivity index (χ2n) is 6.99. The largest absolute Gasteiger partial charge is 0.332 e. The number of nitrogens with one attached hydrogen (secondary N) is 1. The zero-order valence-electron chi connectivity index (χ0n) is 16.3. The Morgan fingerprint density at radius 3 is 2.54 bits per heavy atom. The normalized spacial score (nSPS) is 10.8. The Morgan fingerprint density at radius 2 is 1.82 bits per heavy atom. The van der Waals surface area contributed by atoms with Gasteiger partial charge in [-0.1, -0.05) is 27.6 Å². The number of benzene rings is 2. The minimum Gasteiger partial charge on any atom is -0.332 e. The van der Waals surface area contributed by atoms with Gasteiger partial charge in [-0.25, -0.2) is 0 Å². The number of pyridine rings is 1. The summed E-state index contributed by atoms with van der Waals surface area (Å²) in [5, 5.41) is 3.77. The van der Waals surface area contributed by atoms with Crippen molar-refractivity contribution in [3.05, 3.63) is 69.3 Å². The Hall–Kier alpha value is -2.73. The SMILES string of the molecule is Cc1ccc2nc(C)c(C(=O)N(C)CC(=O)Nc3ccc(Br)cc3C)cc2c1. The fraction of sp³-hybridized carbons (Fsp3) is 0.227. The maximum Gasteiger partial charge on any atom is 0.255 e. The van der Waals surface area contributed by atoms with Gasteiger partial charge >= 0.3 is 0 Å². The molecule has 0 aliphatic heterocycles. The van der Waals surface area contributed by atoms with Crippen molar-refractivity contribution in [2.45, 2.75) is 20.8 Å². The monoisotopic (exact) mass is 439 g/mol. The van der Waals surface area contributed by atoms with Gasteiger partial charge in [0.1, 0.15) is 0 Å². The molecule has 0 radical (unpaired) electrons. The van der Waals surface area contributed by atoms with Gasteiger partial charge in [0.2, 0.25) is 5.91 Å². The summed E-state index contributed by atoms with van der Waals surface area (Å²) in [7, 11) is 1.62. The van der Waals surface area contributed by atoms with Crippen LogP contribution in [-0.2, 0) is 4.79 Å². The highest BCUT2D eigenvalue weighted by molar-refractivity contribution is 9.10. The van der Waals surface area contributed by atoms with Gasteiger partial charge in [0, 0.05) is 22.6 Å². The number of nitrogens with zero attached hydrogens (tertiary/aromatic N) is 2. The molecule has 0 atom stereocenters. The Labute approximate surface area is 172 Å². The number of aryl methyl sites for hydroxylation is 3. The van der Waals surface area contributed by atoms with E-state index < -0.39 is 0 Å². The molecule has 2 amide bonds. The molecule has 1 N–H and O–H groups in total. The number of halogens is 1. The average Bonchev–Trinajstić information content (AvgIpc) is 2.63. The predicted octanol–water partition coefficient (Wildman–Crippen LogP) is 4.63. The van der Waals surface area contributed by atoms with Crippen LogP contribution in [0.2, 0.25) is 0 Å². The molecule has 1 heterocycles. The number of carbonyl (C=O) groups is 2. The van der Waals surface area contributed by atoms with Crippen molar-refractivity contribution in [1.29, 1.82) is 0 Å². The van der Waals surface area contributed by atoms with E-state index in [9.17, 15) is 9.59 Å².